The molecule has 0 aliphatic rings. The molecule has 7 heteroatoms. The Hall–Kier alpha value is -2.54. The molecule has 0 saturated heterocycles. The lowest BCUT2D eigenvalue weighted by Gasteiger charge is -2.00. The third-order valence-corrected chi connectivity index (χ3v) is 4.19. The van der Waals surface area contributed by atoms with E-state index in [-0.39, 0.29) is 24.0 Å². The van der Waals surface area contributed by atoms with Crippen LogP contribution in [0, 0.1) is 19.7 Å². The quantitative estimate of drug-likeness (QED) is 0.795. The minimum Gasteiger partial charge on any atom is -0.444 e. The summed E-state index contributed by atoms with van der Waals surface area (Å²) in [6.07, 6.45) is 0. The number of rotatable bonds is 4. The number of hydrogen-bond donors (Lipinski definition) is 1. The van der Waals surface area contributed by atoms with E-state index in [4.69, 9.17) is 4.42 Å². The maximum Gasteiger partial charge on any atom is 0.271 e. The second-order valence-corrected chi connectivity index (χ2v) is 5.81. The molecule has 1 N–H and O–H groups in total. The number of thiazole rings is 1. The number of aromatic nitrogens is 2. The molecule has 3 aromatic rings. The van der Waals surface area contributed by atoms with Crippen LogP contribution >= 0.6 is 11.3 Å². The van der Waals surface area contributed by atoms with Crippen LogP contribution in [0.3, 0.4) is 0 Å². The first-order valence-electron chi connectivity index (χ1n) is 6.96. The van der Waals surface area contributed by atoms with Gasteiger partial charge in [-0.15, -0.1) is 11.3 Å². The van der Waals surface area contributed by atoms with E-state index < -0.39 is 0 Å². The summed E-state index contributed by atoms with van der Waals surface area (Å²) in [6, 6.07) is 6.34. The molecule has 2 heterocycles. The zero-order chi connectivity index (χ0) is 16.4. The number of oxazole rings is 1. The van der Waals surface area contributed by atoms with Gasteiger partial charge >= 0.3 is 0 Å². The lowest BCUT2D eigenvalue weighted by Crippen LogP contribution is -2.23. The van der Waals surface area contributed by atoms with E-state index in [2.05, 4.69) is 15.3 Å². The van der Waals surface area contributed by atoms with Crippen molar-refractivity contribution < 1.29 is 13.6 Å². The van der Waals surface area contributed by atoms with Crippen molar-refractivity contribution in [2.75, 3.05) is 0 Å². The third kappa shape index (κ3) is 3.29. The largest absolute Gasteiger partial charge is 0.444 e. The molecule has 1 amide bonds. The van der Waals surface area contributed by atoms with Crippen molar-refractivity contribution >= 4 is 17.2 Å². The van der Waals surface area contributed by atoms with Crippen molar-refractivity contribution in [2.45, 2.75) is 20.4 Å². The Labute approximate surface area is 136 Å². The number of carbonyl (C=O) groups is 1. The number of benzene rings is 1. The van der Waals surface area contributed by atoms with Gasteiger partial charge in [0.15, 0.2) is 0 Å². The van der Waals surface area contributed by atoms with E-state index in [1.54, 1.807) is 23.6 Å². The summed E-state index contributed by atoms with van der Waals surface area (Å²) in [4.78, 5) is 20.5. The summed E-state index contributed by atoms with van der Waals surface area (Å²) < 4.78 is 19.1. The number of amides is 1. The maximum absolute atomic E-state index is 13.7. The number of aryl methyl sites for hydroxylation is 2. The third-order valence-electron chi connectivity index (χ3n) is 3.31. The molecule has 0 aliphatic heterocycles. The number of halogens is 1. The topological polar surface area (TPSA) is 68.0 Å². The second kappa shape index (κ2) is 6.29. The molecule has 0 fully saturated rings. The molecule has 0 aliphatic carbocycles. The Morgan fingerprint density at radius 1 is 1.30 bits per heavy atom. The highest BCUT2D eigenvalue weighted by atomic mass is 32.1. The van der Waals surface area contributed by atoms with Gasteiger partial charge in [-0.05, 0) is 26.0 Å². The minimum absolute atomic E-state index is 0.181. The average Bonchev–Trinajstić information content (AvgIpc) is 3.13. The first-order valence-corrected chi connectivity index (χ1v) is 7.84. The molecule has 0 bridgehead atoms. The predicted octanol–water partition coefficient (Wildman–Crippen LogP) is 3.48. The standard InChI is InChI=1S/C16H14FN3O2S/c1-9-10(2)22-14(19-9)7-18-15(21)13-8-23-16(20-13)11-5-3-4-6-12(11)17/h3-6,8H,7H2,1-2H3,(H,18,21). The highest BCUT2D eigenvalue weighted by molar-refractivity contribution is 7.13. The molecule has 0 saturated carbocycles. The van der Waals surface area contributed by atoms with Crippen LogP contribution in [0.15, 0.2) is 34.1 Å². The van der Waals surface area contributed by atoms with Crippen LogP contribution in [-0.2, 0) is 6.54 Å². The Morgan fingerprint density at radius 2 is 2.09 bits per heavy atom. The summed E-state index contributed by atoms with van der Waals surface area (Å²) in [5.41, 5.74) is 1.42. The van der Waals surface area contributed by atoms with Gasteiger partial charge in [0.05, 0.1) is 12.2 Å². The van der Waals surface area contributed by atoms with Gasteiger partial charge in [0, 0.05) is 10.9 Å². The smallest absolute Gasteiger partial charge is 0.271 e. The molecular weight excluding hydrogens is 317 g/mol. The summed E-state index contributed by atoms with van der Waals surface area (Å²) in [6.45, 7) is 3.83. The number of carbonyl (C=O) groups excluding carboxylic acids is 1. The normalized spacial score (nSPS) is 10.7. The zero-order valence-corrected chi connectivity index (χ0v) is 13.4. The van der Waals surface area contributed by atoms with Crippen molar-refractivity contribution in [3.8, 4) is 10.6 Å². The zero-order valence-electron chi connectivity index (χ0n) is 12.6. The van der Waals surface area contributed by atoms with Crippen molar-refractivity contribution in [2.24, 2.45) is 0 Å². The van der Waals surface area contributed by atoms with Crippen LogP contribution in [0.25, 0.3) is 10.6 Å². The average molecular weight is 331 g/mol. The van der Waals surface area contributed by atoms with Crippen molar-refractivity contribution in [1.82, 2.24) is 15.3 Å². The fraction of sp³-hybridized carbons (Fsp3) is 0.188. The fourth-order valence-electron chi connectivity index (χ4n) is 2.00. The SMILES string of the molecule is Cc1nc(CNC(=O)c2csc(-c3ccccc3F)n2)oc1C. The number of nitrogens with one attached hydrogen (secondary N) is 1. The molecule has 1 aromatic carbocycles. The van der Waals surface area contributed by atoms with Crippen LogP contribution < -0.4 is 5.32 Å². The van der Waals surface area contributed by atoms with E-state index >= 15 is 0 Å². The van der Waals surface area contributed by atoms with E-state index in [1.165, 1.54) is 17.4 Å². The molecule has 0 spiro atoms. The molecular formula is C16H14FN3O2S. The van der Waals surface area contributed by atoms with E-state index in [0.29, 0.717) is 16.5 Å². The van der Waals surface area contributed by atoms with Crippen molar-refractivity contribution in [3.05, 3.63) is 58.5 Å². The molecule has 23 heavy (non-hydrogen) atoms. The summed E-state index contributed by atoms with van der Waals surface area (Å²) >= 11 is 1.22. The van der Waals surface area contributed by atoms with Crippen LogP contribution in [0.5, 0.6) is 0 Å². The Bertz CT molecular complexity index is 837. The lowest BCUT2D eigenvalue weighted by molar-refractivity contribution is 0.0943. The van der Waals surface area contributed by atoms with E-state index in [9.17, 15) is 9.18 Å². The number of nitrogens with zero attached hydrogens (tertiary/aromatic N) is 2. The van der Waals surface area contributed by atoms with Crippen molar-refractivity contribution in [1.29, 1.82) is 0 Å². The van der Waals surface area contributed by atoms with Gasteiger partial charge in [0.2, 0.25) is 5.89 Å². The summed E-state index contributed by atoms with van der Waals surface area (Å²) in [5, 5.41) is 4.76. The Morgan fingerprint density at radius 3 is 2.78 bits per heavy atom. The molecule has 2 aromatic heterocycles. The van der Waals surface area contributed by atoms with Crippen molar-refractivity contribution in [3.63, 3.8) is 0 Å². The van der Waals surface area contributed by atoms with Crippen LogP contribution in [0.4, 0.5) is 4.39 Å². The fourth-order valence-corrected chi connectivity index (χ4v) is 2.82. The van der Waals surface area contributed by atoms with Crippen LogP contribution in [0.1, 0.15) is 27.8 Å². The highest BCUT2D eigenvalue weighted by Crippen LogP contribution is 2.26. The molecule has 118 valence electrons. The first-order chi connectivity index (χ1) is 11.0. The van der Waals surface area contributed by atoms with Gasteiger partial charge in [-0.25, -0.2) is 14.4 Å². The van der Waals surface area contributed by atoms with Gasteiger partial charge < -0.3 is 9.73 Å². The van der Waals surface area contributed by atoms with E-state index in [1.807, 2.05) is 13.8 Å². The number of hydrogen-bond acceptors (Lipinski definition) is 5. The lowest BCUT2D eigenvalue weighted by atomic mass is 10.2. The predicted molar refractivity (Wildman–Crippen MR) is 84.7 cm³/mol. The van der Waals surface area contributed by atoms with Crippen LogP contribution in [-0.4, -0.2) is 15.9 Å². The molecule has 0 radical (unpaired) electrons. The molecule has 5 nitrogen and oxygen atoms in total. The van der Waals surface area contributed by atoms with Gasteiger partial charge in [0.25, 0.3) is 5.91 Å². The van der Waals surface area contributed by atoms with Crippen LogP contribution in [0.2, 0.25) is 0 Å². The Balaban J connectivity index is 1.70. The van der Waals surface area contributed by atoms with Gasteiger partial charge in [-0.2, -0.15) is 0 Å². The second-order valence-electron chi connectivity index (χ2n) is 4.95. The monoisotopic (exact) mass is 331 g/mol. The van der Waals surface area contributed by atoms with Gasteiger partial charge in [-0.3, -0.25) is 4.79 Å². The summed E-state index contributed by atoms with van der Waals surface area (Å²) in [5.74, 6) is 0.458. The summed E-state index contributed by atoms with van der Waals surface area (Å²) in [7, 11) is 0. The minimum atomic E-state index is -0.362. The Kier molecular flexibility index (Phi) is 4.20. The molecule has 3 rings (SSSR count). The molecule has 0 unspecified atom stereocenters. The first kappa shape index (κ1) is 15.4. The highest BCUT2D eigenvalue weighted by Gasteiger charge is 2.15. The molecule has 0 atom stereocenters. The van der Waals surface area contributed by atoms with Gasteiger partial charge in [-0.1, -0.05) is 12.1 Å². The van der Waals surface area contributed by atoms with Gasteiger partial charge in [0.1, 0.15) is 22.3 Å². The van der Waals surface area contributed by atoms with E-state index in [0.717, 1.165) is 11.5 Å². The maximum atomic E-state index is 13.7.